The molecule has 0 heterocycles. The first-order valence-electron chi connectivity index (χ1n) is 3.57. The van der Waals surface area contributed by atoms with Crippen molar-refractivity contribution in [1.82, 2.24) is 4.90 Å². The van der Waals surface area contributed by atoms with Crippen LogP contribution in [0.25, 0.3) is 0 Å². The number of amides is 1. The number of rotatable bonds is 4. The minimum atomic E-state index is 0.192. The summed E-state index contributed by atoms with van der Waals surface area (Å²) < 4.78 is 0. The van der Waals surface area contributed by atoms with Crippen LogP contribution in [-0.4, -0.2) is 30.2 Å². The molecule has 0 radical (unpaired) electrons. The molecule has 0 bridgehead atoms. The molecule has 0 unspecified atom stereocenters. The Hall–Kier alpha value is -0.180. The Morgan fingerprint density at radius 1 is 1.60 bits per heavy atom. The fraction of sp³-hybridized carbons (Fsp3) is 0.857. The maximum absolute atomic E-state index is 11.0. The first-order chi connectivity index (χ1) is 4.72. The summed E-state index contributed by atoms with van der Waals surface area (Å²) in [6.07, 6.45) is 1.58. The van der Waals surface area contributed by atoms with Crippen LogP contribution in [0.15, 0.2) is 0 Å². The smallest absolute Gasteiger partial charge is 0.223 e. The molecule has 0 aliphatic heterocycles. The van der Waals surface area contributed by atoms with Gasteiger partial charge in [0.2, 0.25) is 5.91 Å². The molecule has 3 heteroatoms. The van der Waals surface area contributed by atoms with Gasteiger partial charge in [0.1, 0.15) is 0 Å². The van der Waals surface area contributed by atoms with Crippen LogP contribution in [0.2, 0.25) is 0 Å². The van der Waals surface area contributed by atoms with Crippen LogP contribution in [0.4, 0.5) is 0 Å². The summed E-state index contributed by atoms with van der Waals surface area (Å²) in [6, 6.07) is 0. The van der Waals surface area contributed by atoms with Gasteiger partial charge in [-0.2, -0.15) is 12.6 Å². The summed E-state index contributed by atoms with van der Waals surface area (Å²) in [7, 11) is 1.83. The molecule has 10 heavy (non-hydrogen) atoms. The lowest BCUT2D eigenvalue weighted by atomic mass is 10.4. The van der Waals surface area contributed by atoms with Crippen molar-refractivity contribution in [1.29, 1.82) is 0 Å². The van der Waals surface area contributed by atoms with E-state index in [0.717, 1.165) is 13.0 Å². The van der Waals surface area contributed by atoms with Gasteiger partial charge in [-0.1, -0.05) is 6.92 Å². The second-order valence-electron chi connectivity index (χ2n) is 2.29. The highest BCUT2D eigenvalue weighted by Crippen LogP contribution is 1.93. The minimum Gasteiger partial charge on any atom is -0.346 e. The zero-order chi connectivity index (χ0) is 7.98. The third kappa shape index (κ3) is 3.77. The maximum Gasteiger partial charge on any atom is 0.223 e. The third-order valence-corrected chi connectivity index (χ3v) is 1.53. The van der Waals surface area contributed by atoms with Crippen LogP contribution in [0, 0.1) is 0 Å². The van der Waals surface area contributed by atoms with Crippen LogP contribution in [0.5, 0.6) is 0 Å². The standard InChI is InChI=1S/C7H15NOS/c1-3-5-8(2)7(9)4-6-10/h10H,3-6H2,1-2H3. The molecule has 1 amide bonds. The molecule has 0 saturated heterocycles. The minimum absolute atomic E-state index is 0.192. The Morgan fingerprint density at radius 3 is 2.60 bits per heavy atom. The Kier molecular flexibility index (Phi) is 5.49. The van der Waals surface area contributed by atoms with Crippen molar-refractivity contribution in [2.75, 3.05) is 19.3 Å². The van der Waals surface area contributed by atoms with Gasteiger partial charge in [-0.25, -0.2) is 0 Å². The molecule has 0 aromatic heterocycles. The Morgan fingerprint density at radius 2 is 2.20 bits per heavy atom. The van der Waals surface area contributed by atoms with E-state index in [1.807, 2.05) is 7.05 Å². The summed E-state index contributed by atoms with van der Waals surface area (Å²) in [4.78, 5) is 12.8. The monoisotopic (exact) mass is 161 g/mol. The van der Waals surface area contributed by atoms with Gasteiger partial charge >= 0.3 is 0 Å². The van der Waals surface area contributed by atoms with Gasteiger partial charge in [-0.3, -0.25) is 4.79 Å². The molecular weight excluding hydrogens is 146 g/mol. The average molecular weight is 161 g/mol. The molecule has 0 aliphatic carbocycles. The van der Waals surface area contributed by atoms with Crippen molar-refractivity contribution < 1.29 is 4.79 Å². The van der Waals surface area contributed by atoms with Gasteiger partial charge in [0, 0.05) is 20.0 Å². The summed E-state index contributed by atoms with van der Waals surface area (Å²) in [5.74, 6) is 0.837. The van der Waals surface area contributed by atoms with Gasteiger partial charge in [0.15, 0.2) is 0 Å². The number of hydrogen-bond donors (Lipinski definition) is 1. The Bertz CT molecular complexity index is 106. The SMILES string of the molecule is CCCN(C)C(=O)CCS. The van der Waals surface area contributed by atoms with E-state index >= 15 is 0 Å². The maximum atomic E-state index is 11.0. The summed E-state index contributed by atoms with van der Waals surface area (Å²) in [5.41, 5.74) is 0. The molecule has 0 aromatic rings. The molecule has 0 aliphatic rings. The number of thiol groups is 1. The third-order valence-electron chi connectivity index (χ3n) is 1.31. The highest BCUT2D eigenvalue weighted by atomic mass is 32.1. The van der Waals surface area contributed by atoms with Crippen molar-refractivity contribution in [3.8, 4) is 0 Å². The first-order valence-corrected chi connectivity index (χ1v) is 4.20. The van der Waals surface area contributed by atoms with E-state index in [9.17, 15) is 4.79 Å². The van der Waals surface area contributed by atoms with Gasteiger partial charge in [0.25, 0.3) is 0 Å². The normalized spacial score (nSPS) is 9.50. The second-order valence-corrected chi connectivity index (χ2v) is 2.74. The van der Waals surface area contributed by atoms with Crippen LogP contribution < -0.4 is 0 Å². The molecule has 0 fully saturated rings. The highest BCUT2D eigenvalue weighted by Gasteiger charge is 2.04. The van der Waals surface area contributed by atoms with Crippen molar-refractivity contribution in [2.45, 2.75) is 19.8 Å². The Balaban J connectivity index is 3.49. The van der Waals surface area contributed by atoms with Crippen molar-refractivity contribution in [3.05, 3.63) is 0 Å². The fourth-order valence-electron chi connectivity index (χ4n) is 0.747. The molecule has 0 spiro atoms. The lowest BCUT2D eigenvalue weighted by Crippen LogP contribution is -2.27. The lowest BCUT2D eigenvalue weighted by molar-refractivity contribution is -0.129. The average Bonchev–Trinajstić information content (AvgIpc) is 1.89. The zero-order valence-corrected chi connectivity index (χ0v) is 7.53. The fourth-order valence-corrected chi connectivity index (χ4v) is 0.938. The van der Waals surface area contributed by atoms with Gasteiger partial charge < -0.3 is 4.90 Å². The first kappa shape index (κ1) is 9.82. The van der Waals surface area contributed by atoms with Crippen molar-refractivity contribution >= 4 is 18.5 Å². The number of carbonyl (C=O) groups excluding carboxylic acids is 1. The van der Waals surface area contributed by atoms with E-state index in [-0.39, 0.29) is 5.91 Å². The molecule has 0 atom stereocenters. The van der Waals surface area contributed by atoms with E-state index < -0.39 is 0 Å². The van der Waals surface area contributed by atoms with E-state index in [1.165, 1.54) is 0 Å². The van der Waals surface area contributed by atoms with E-state index in [0.29, 0.717) is 12.2 Å². The summed E-state index contributed by atoms with van der Waals surface area (Å²) in [6.45, 7) is 2.91. The number of carbonyl (C=O) groups is 1. The predicted molar refractivity (Wildman–Crippen MR) is 46.4 cm³/mol. The van der Waals surface area contributed by atoms with Crippen molar-refractivity contribution in [2.24, 2.45) is 0 Å². The molecular formula is C7H15NOS. The van der Waals surface area contributed by atoms with Crippen LogP contribution in [0.1, 0.15) is 19.8 Å². The number of nitrogens with zero attached hydrogens (tertiary/aromatic N) is 1. The van der Waals surface area contributed by atoms with Crippen LogP contribution in [0.3, 0.4) is 0 Å². The number of hydrogen-bond acceptors (Lipinski definition) is 2. The zero-order valence-electron chi connectivity index (χ0n) is 6.63. The summed E-state index contributed by atoms with van der Waals surface area (Å²) in [5, 5.41) is 0. The lowest BCUT2D eigenvalue weighted by Gasteiger charge is -2.14. The molecule has 0 N–H and O–H groups in total. The highest BCUT2D eigenvalue weighted by molar-refractivity contribution is 7.80. The van der Waals surface area contributed by atoms with E-state index in [2.05, 4.69) is 19.6 Å². The molecule has 0 saturated carbocycles. The predicted octanol–water partition coefficient (Wildman–Crippen LogP) is 1.17. The molecule has 60 valence electrons. The molecule has 2 nitrogen and oxygen atoms in total. The topological polar surface area (TPSA) is 20.3 Å². The Labute approximate surface area is 68.0 Å². The van der Waals surface area contributed by atoms with Crippen LogP contribution >= 0.6 is 12.6 Å². The molecule has 0 aromatic carbocycles. The van der Waals surface area contributed by atoms with Crippen LogP contribution in [-0.2, 0) is 4.79 Å². The summed E-state index contributed by atoms with van der Waals surface area (Å²) >= 11 is 3.98. The quantitative estimate of drug-likeness (QED) is 0.614. The second kappa shape index (κ2) is 5.59. The van der Waals surface area contributed by atoms with Crippen molar-refractivity contribution in [3.63, 3.8) is 0 Å². The largest absolute Gasteiger partial charge is 0.346 e. The van der Waals surface area contributed by atoms with Gasteiger partial charge in [0.05, 0.1) is 0 Å². The van der Waals surface area contributed by atoms with E-state index in [4.69, 9.17) is 0 Å². The molecule has 0 rings (SSSR count). The van der Waals surface area contributed by atoms with E-state index in [1.54, 1.807) is 4.90 Å². The van der Waals surface area contributed by atoms with Gasteiger partial charge in [-0.05, 0) is 12.2 Å². The van der Waals surface area contributed by atoms with Gasteiger partial charge in [-0.15, -0.1) is 0 Å².